The quantitative estimate of drug-likeness (QED) is 0.145. The van der Waals surface area contributed by atoms with E-state index < -0.39 is 0 Å². The minimum atomic E-state index is -0.0590. The van der Waals surface area contributed by atoms with Crippen LogP contribution in [0.3, 0.4) is 0 Å². The molecule has 3 heterocycles. The highest BCUT2D eigenvalue weighted by Gasteiger charge is 2.47. The van der Waals surface area contributed by atoms with Crippen molar-refractivity contribution < 1.29 is 4.42 Å². The van der Waals surface area contributed by atoms with Crippen LogP contribution >= 0.6 is 0 Å². The van der Waals surface area contributed by atoms with Gasteiger partial charge in [0.05, 0.1) is 45.2 Å². The van der Waals surface area contributed by atoms with Crippen molar-refractivity contribution in [3.8, 4) is 12.1 Å². The van der Waals surface area contributed by atoms with Crippen molar-refractivity contribution in [3.63, 3.8) is 0 Å². The highest BCUT2D eigenvalue weighted by atomic mass is 16.3. The fourth-order valence-corrected chi connectivity index (χ4v) is 13.4. The van der Waals surface area contributed by atoms with Crippen LogP contribution in [-0.2, 0) is 0 Å². The van der Waals surface area contributed by atoms with Crippen molar-refractivity contribution in [1.82, 2.24) is 4.40 Å². The van der Waals surface area contributed by atoms with Gasteiger partial charge in [-0.05, 0) is 95.7 Å². The predicted octanol–water partition coefficient (Wildman–Crippen LogP) is 13.0. The first-order valence-electron chi connectivity index (χ1n) is 20.9. The zero-order valence-electron chi connectivity index (χ0n) is 31.8. The standard InChI is InChI=1S/C56H27N3O/c57-24-27-22-38-50(52-42(27)44-29-11-1-5-15-33(29)46(52)34-16-6-2-12-30(34)44)48-37-21-20-26-10-9-19-40-41(26)49(37)56(60-40)54-51-39(59(38)55(48)54)23-28(25-58)43-45-31-13-3-7-17-35(31)47(53(43)51)36-18-8-4-14-32(36)45/h1-23,44-47H. The molecule has 4 bridgehead atoms. The molecule has 6 aliphatic rings. The molecule has 0 amide bonds. The van der Waals surface area contributed by atoms with Gasteiger partial charge in [-0.2, -0.15) is 10.5 Å². The molecule has 0 saturated heterocycles. The number of nitrogens with zero attached hydrogens (tertiary/aromatic N) is 3. The van der Waals surface area contributed by atoms with Gasteiger partial charge in [0.15, 0.2) is 0 Å². The average Bonchev–Trinajstić information content (AvgIpc) is 3.98. The van der Waals surface area contributed by atoms with Gasteiger partial charge in [-0.1, -0.05) is 121 Å². The van der Waals surface area contributed by atoms with Gasteiger partial charge < -0.3 is 8.82 Å². The second-order valence-electron chi connectivity index (χ2n) is 17.5. The summed E-state index contributed by atoms with van der Waals surface area (Å²) < 4.78 is 9.59. The fraction of sp³-hybridized carbons (Fsp3) is 0.0714. The lowest BCUT2D eigenvalue weighted by atomic mass is 9.59. The van der Waals surface area contributed by atoms with Crippen molar-refractivity contribution >= 4 is 70.8 Å². The smallest absolute Gasteiger partial charge is 0.146 e. The van der Waals surface area contributed by atoms with Crippen molar-refractivity contribution in [1.29, 1.82) is 10.5 Å². The van der Waals surface area contributed by atoms with Crippen LogP contribution in [0.5, 0.6) is 0 Å². The number of fused-ring (bicyclic) bond motifs is 8. The van der Waals surface area contributed by atoms with Gasteiger partial charge in [-0.25, -0.2) is 0 Å². The third-order valence-electron chi connectivity index (χ3n) is 15.3. The molecule has 0 unspecified atom stereocenters. The summed E-state index contributed by atoms with van der Waals surface area (Å²) in [6.45, 7) is 0. The number of hydrogen-bond donors (Lipinski definition) is 0. The molecule has 0 atom stereocenters. The van der Waals surface area contributed by atoms with E-state index >= 15 is 0 Å². The van der Waals surface area contributed by atoms with Crippen molar-refractivity contribution in [2.75, 3.05) is 0 Å². The van der Waals surface area contributed by atoms with Crippen LogP contribution in [0.15, 0.2) is 144 Å². The summed E-state index contributed by atoms with van der Waals surface area (Å²) >= 11 is 0. The zero-order chi connectivity index (χ0) is 38.9. The van der Waals surface area contributed by atoms with E-state index in [0.29, 0.717) is 11.1 Å². The zero-order valence-corrected chi connectivity index (χ0v) is 31.8. The van der Waals surface area contributed by atoms with E-state index in [1.165, 1.54) is 71.8 Å². The Labute approximate surface area is 342 Å². The molecule has 0 spiro atoms. The summed E-state index contributed by atoms with van der Waals surface area (Å²) in [6.07, 6.45) is 0. The van der Waals surface area contributed by atoms with Crippen LogP contribution < -0.4 is 0 Å². The topological polar surface area (TPSA) is 65.1 Å². The number of nitriles is 2. The van der Waals surface area contributed by atoms with Gasteiger partial charge in [0.25, 0.3) is 0 Å². The monoisotopic (exact) mass is 757 g/mol. The number of aromatic nitrogens is 1. The summed E-state index contributed by atoms with van der Waals surface area (Å²) in [5.74, 6) is -0.201. The molecular formula is C56H27N3O. The third-order valence-corrected chi connectivity index (χ3v) is 15.3. The summed E-state index contributed by atoms with van der Waals surface area (Å²) in [6, 6.07) is 56.2. The molecule has 12 aromatic rings. The molecule has 0 aliphatic heterocycles. The Kier molecular flexibility index (Phi) is 4.95. The molecule has 0 fully saturated rings. The number of hydrogen-bond acceptors (Lipinski definition) is 3. The van der Waals surface area contributed by atoms with Gasteiger partial charge in [-0.15, -0.1) is 0 Å². The Balaban J connectivity index is 1.19. The van der Waals surface area contributed by atoms with Crippen LogP contribution in [0.4, 0.5) is 0 Å². The first-order chi connectivity index (χ1) is 29.7. The molecule has 4 heteroatoms. The SMILES string of the molecule is N#Cc1cc2c(c3c1C1c4ccccc4C3c3ccccc31)c1c3ccc4cccc5oc(c3c45)c3c4c5c(c(C#N)cc4n2c13)C1c2ccccc2C5c2ccccc21. The minimum absolute atomic E-state index is 0.0383. The predicted molar refractivity (Wildman–Crippen MR) is 236 cm³/mol. The molecule has 0 N–H and O–H groups in total. The van der Waals surface area contributed by atoms with E-state index in [1.807, 2.05) is 0 Å². The van der Waals surface area contributed by atoms with Crippen LogP contribution in [0, 0.1) is 22.7 Å². The average molecular weight is 758 g/mol. The fourth-order valence-electron chi connectivity index (χ4n) is 13.4. The molecule has 272 valence electrons. The Morgan fingerprint density at radius 1 is 0.417 bits per heavy atom. The third kappa shape index (κ3) is 3.04. The van der Waals surface area contributed by atoms with Gasteiger partial charge >= 0.3 is 0 Å². The van der Waals surface area contributed by atoms with E-state index in [0.717, 1.165) is 65.8 Å². The van der Waals surface area contributed by atoms with E-state index in [1.54, 1.807) is 0 Å². The van der Waals surface area contributed by atoms with Crippen molar-refractivity contribution in [2.24, 2.45) is 0 Å². The Bertz CT molecular complexity index is 4030. The summed E-state index contributed by atoms with van der Waals surface area (Å²) in [7, 11) is 0. The maximum atomic E-state index is 11.2. The Hall–Kier alpha value is -7.92. The highest BCUT2D eigenvalue weighted by Crippen LogP contribution is 2.63. The largest absolute Gasteiger partial charge is 0.455 e. The molecule has 3 aromatic heterocycles. The van der Waals surface area contributed by atoms with E-state index in [-0.39, 0.29) is 23.7 Å². The second kappa shape index (κ2) is 9.84. The minimum Gasteiger partial charge on any atom is -0.455 e. The Morgan fingerprint density at radius 2 is 0.867 bits per heavy atom. The summed E-state index contributed by atoms with van der Waals surface area (Å²) in [5, 5.41) is 31.8. The van der Waals surface area contributed by atoms with E-state index in [9.17, 15) is 10.5 Å². The lowest BCUT2D eigenvalue weighted by Gasteiger charge is -2.43. The van der Waals surface area contributed by atoms with Gasteiger partial charge in [0.1, 0.15) is 11.2 Å². The molecule has 9 aromatic carbocycles. The molecule has 4 nitrogen and oxygen atoms in total. The maximum absolute atomic E-state index is 11.2. The Morgan fingerprint density at radius 3 is 1.33 bits per heavy atom. The van der Waals surface area contributed by atoms with E-state index in [2.05, 4.69) is 156 Å². The summed E-state index contributed by atoms with van der Waals surface area (Å²) in [4.78, 5) is 0. The lowest BCUT2D eigenvalue weighted by Crippen LogP contribution is -2.28. The molecule has 60 heavy (non-hydrogen) atoms. The number of furan rings is 1. The summed E-state index contributed by atoms with van der Waals surface area (Å²) in [5.41, 5.74) is 21.4. The van der Waals surface area contributed by atoms with Crippen LogP contribution in [-0.4, -0.2) is 4.40 Å². The second-order valence-corrected chi connectivity index (χ2v) is 17.5. The lowest BCUT2D eigenvalue weighted by molar-refractivity contribution is 0.673. The molecule has 0 saturated carbocycles. The molecule has 0 radical (unpaired) electrons. The van der Waals surface area contributed by atoms with Crippen molar-refractivity contribution in [2.45, 2.75) is 23.7 Å². The normalized spacial score (nSPS) is 19.0. The van der Waals surface area contributed by atoms with Crippen molar-refractivity contribution in [3.05, 3.63) is 217 Å². The first kappa shape index (κ1) is 30.2. The highest BCUT2D eigenvalue weighted by molar-refractivity contribution is 6.42. The van der Waals surface area contributed by atoms with Gasteiger partial charge in [0.2, 0.25) is 0 Å². The van der Waals surface area contributed by atoms with Crippen LogP contribution in [0.2, 0.25) is 0 Å². The molecular weight excluding hydrogens is 731 g/mol. The first-order valence-corrected chi connectivity index (χ1v) is 20.9. The van der Waals surface area contributed by atoms with Gasteiger partial charge in [-0.3, -0.25) is 0 Å². The number of benzene rings is 9. The van der Waals surface area contributed by atoms with Crippen LogP contribution in [0.25, 0.3) is 70.8 Å². The molecule has 18 rings (SSSR count). The van der Waals surface area contributed by atoms with Gasteiger partial charge in [0, 0.05) is 50.6 Å². The maximum Gasteiger partial charge on any atom is 0.146 e. The molecule has 6 aliphatic carbocycles. The number of rotatable bonds is 0. The van der Waals surface area contributed by atoms with E-state index in [4.69, 9.17) is 4.42 Å². The van der Waals surface area contributed by atoms with Crippen LogP contribution in [0.1, 0.15) is 102 Å².